The molecule has 0 saturated carbocycles. The Morgan fingerprint density at radius 3 is 1.52 bits per heavy atom. The average Bonchev–Trinajstić information content (AvgIpc) is 2.67. The van der Waals surface area contributed by atoms with Crippen molar-refractivity contribution in [2.24, 2.45) is 0 Å². The molecule has 1 aromatic rings. The van der Waals surface area contributed by atoms with Crippen LogP contribution < -0.4 is 0 Å². The van der Waals surface area contributed by atoms with E-state index in [2.05, 4.69) is 0 Å². The highest BCUT2D eigenvalue weighted by molar-refractivity contribution is 7.92. The minimum Gasteiger partial charge on any atom is -0.287 e. The van der Waals surface area contributed by atoms with E-state index in [1.807, 2.05) is 0 Å². The van der Waals surface area contributed by atoms with Crippen LogP contribution in [0.4, 0.5) is 22.0 Å². The van der Waals surface area contributed by atoms with Crippen molar-refractivity contribution in [2.75, 3.05) is 26.2 Å². The highest BCUT2D eigenvalue weighted by Gasteiger charge is 2.63. The summed E-state index contributed by atoms with van der Waals surface area (Å²) in [5.74, 6) is -8.48. The van der Waals surface area contributed by atoms with E-state index >= 15 is 0 Å². The molecule has 7 nitrogen and oxygen atoms in total. The van der Waals surface area contributed by atoms with E-state index < -0.39 is 53.3 Å². The number of halogens is 5. The van der Waals surface area contributed by atoms with Gasteiger partial charge in [0, 0.05) is 31.7 Å². The molecule has 0 N–H and O–H groups in total. The molecule has 0 heterocycles. The fourth-order valence-corrected chi connectivity index (χ4v) is 6.48. The Hall–Kier alpha value is -1.64. The maximum atomic E-state index is 13.5. The van der Waals surface area contributed by atoms with Gasteiger partial charge >= 0.3 is 12.1 Å². The summed E-state index contributed by atoms with van der Waals surface area (Å²) >= 11 is 0. The first kappa shape index (κ1) is 27.4. The molecule has 0 saturated heterocycles. The summed E-state index contributed by atoms with van der Waals surface area (Å²) in [5, 5.41) is 0. The van der Waals surface area contributed by atoms with Gasteiger partial charge < -0.3 is 0 Å². The molecule has 0 bridgehead atoms. The number of hydrogen-bond acceptors (Lipinski definition) is 5. The summed E-state index contributed by atoms with van der Waals surface area (Å²) < 4.78 is 118. The van der Waals surface area contributed by atoms with E-state index in [0.29, 0.717) is 12.1 Å². The molecule has 1 aromatic carbocycles. The Morgan fingerprint density at radius 2 is 1.16 bits per heavy atom. The van der Waals surface area contributed by atoms with Gasteiger partial charge in [-0.25, -0.2) is 16.8 Å². The first-order valence-corrected chi connectivity index (χ1v) is 12.1. The number of benzene rings is 1. The third kappa shape index (κ3) is 5.07. The number of rotatable bonds is 10. The third-order valence-corrected chi connectivity index (χ3v) is 8.82. The highest BCUT2D eigenvalue weighted by atomic mass is 32.2. The summed E-state index contributed by atoms with van der Waals surface area (Å²) in [7, 11) is -9.12. The number of ketones is 1. The second-order valence-corrected chi connectivity index (χ2v) is 10.1. The van der Waals surface area contributed by atoms with Crippen molar-refractivity contribution in [1.29, 1.82) is 0 Å². The molecule has 0 fully saturated rings. The molecule has 31 heavy (non-hydrogen) atoms. The smallest absolute Gasteiger partial charge is 0.287 e. The third-order valence-electron chi connectivity index (χ3n) is 4.49. The lowest BCUT2D eigenvalue weighted by molar-refractivity contribution is -0.255. The first-order chi connectivity index (χ1) is 14.0. The van der Waals surface area contributed by atoms with Crippen molar-refractivity contribution in [1.82, 2.24) is 8.61 Å². The highest BCUT2D eigenvalue weighted by Crippen LogP contribution is 2.39. The van der Waals surface area contributed by atoms with Crippen molar-refractivity contribution >= 4 is 25.8 Å². The molecular weight excluding hydrogens is 471 g/mol. The lowest BCUT2D eigenvalue weighted by Crippen LogP contribution is -2.44. The van der Waals surface area contributed by atoms with Gasteiger partial charge in [0.15, 0.2) is 0 Å². The van der Waals surface area contributed by atoms with Crippen LogP contribution in [0.15, 0.2) is 28.0 Å². The zero-order chi connectivity index (χ0) is 24.4. The second kappa shape index (κ2) is 9.46. The lowest BCUT2D eigenvalue weighted by atomic mass is 10.1. The predicted molar refractivity (Wildman–Crippen MR) is 102 cm³/mol. The lowest BCUT2D eigenvalue weighted by Gasteiger charge is -2.24. The summed E-state index contributed by atoms with van der Waals surface area (Å²) in [4.78, 5) is 10.00. The molecule has 1 rings (SSSR count). The van der Waals surface area contributed by atoms with Crippen LogP contribution in [-0.2, 0) is 20.0 Å². The molecule has 0 aliphatic carbocycles. The molecule has 0 unspecified atom stereocenters. The number of hydrogen-bond donors (Lipinski definition) is 0. The van der Waals surface area contributed by atoms with Crippen LogP contribution in [0.5, 0.6) is 0 Å². The number of nitrogens with zero attached hydrogens (tertiary/aromatic N) is 2. The molecular formula is C17H23F5N2O5S2. The molecule has 0 radical (unpaired) electrons. The zero-order valence-electron chi connectivity index (χ0n) is 17.2. The van der Waals surface area contributed by atoms with Crippen LogP contribution in [0.1, 0.15) is 38.1 Å². The van der Waals surface area contributed by atoms with Crippen LogP contribution in [0.25, 0.3) is 0 Å². The Kier molecular flexibility index (Phi) is 8.36. The second-order valence-electron chi connectivity index (χ2n) is 6.24. The van der Waals surface area contributed by atoms with E-state index in [1.54, 1.807) is 0 Å². The summed E-state index contributed by atoms with van der Waals surface area (Å²) in [5.41, 5.74) is -1.29. The van der Waals surface area contributed by atoms with Crippen molar-refractivity contribution in [3.8, 4) is 0 Å². The topological polar surface area (TPSA) is 91.8 Å². The monoisotopic (exact) mass is 494 g/mol. The number of carbonyl (C=O) groups excluding carboxylic acids is 1. The van der Waals surface area contributed by atoms with Crippen molar-refractivity contribution in [2.45, 2.75) is 49.6 Å². The largest absolute Gasteiger partial charge is 0.461 e. The van der Waals surface area contributed by atoms with E-state index in [-0.39, 0.29) is 32.2 Å². The normalized spacial score (nSPS) is 13.8. The molecule has 0 atom stereocenters. The van der Waals surface area contributed by atoms with Crippen LogP contribution in [0.3, 0.4) is 0 Å². The van der Waals surface area contributed by atoms with Crippen LogP contribution in [-0.4, -0.2) is 69.5 Å². The van der Waals surface area contributed by atoms with Crippen LogP contribution >= 0.6 is 0 Å². The number of Topliss-reactive ketones (excluding diaryl/α,β-unsaturated/α-hetero) is 1. The maximum Gasteiger partial charge on any atom is 0.461 e. The fourth-order valence-electron chi connectivity index (χ4n) is 2.78. The molecule has 0 spiro atoms. The zero-order valence-corrected chi connectivity index (χ0v) is 18.8. The summed E-state index contributed by atoms with van der Waals surface area (Å²) in [6.07, 6.45) is -6.21. The quantitative estimate of drug-likeness (QED) is 0.368. The maximum absolute atomic E-state index is 13.5. The van der Waals surface area contributed by atoms with Gasteiger partial charge in [0.05, 0.1) is 0 Å². The summed E-state index contributed by atoms with van der Waals surface area (Å²) in [6, 6.07) is 1.26. The number of carbonyl (C=O) groups is 1. The fraction of sp³-hybridized carbons (Fsp3) is 0.588. The van der Waals surface area contributed by atoms with E-state index in [1.165, 1.54) is 27.7 Å². The molecule has 0 aromatic heterocycles. The Labute approximate surface area is 177 Å². The minimum atomic E-state index is -6.21. The molecule has 0 amide bonds. The first-order valence-electron chi connectivity index (χ1n) is 9.17. The van der Waals surface area contributed by atoms with Gasteiger partial charge in [-0.1, -0.05) is 27.7 Å². The molecule has 14 heteroatoms. The molecule has 178 valence electrons. The van der Waals surface area contributed by atoms with Crippen LogP contribution in [0, 0.1) is 0 Å². The molecule has 0 aliphatic heterocycles. The summed E-state index contributed by atoms with van der Waals surface area (Å²) in [6.45, 7) is 5.40. The predicted octanol–water partition coefficient (Wildman–Crippen LogP) is 3.13. The van der Waals surface area contributed by atoms with Gasteiger partial charge in [-0.3, -0.25) is 4.79 Å². The van der Waals surface area contributed by atoms with Crippen molar-refractivity contribution in [3.63, 3.8) is 0 Å². The van der Waals surface area contributed by atoms with Gasteiger partial charge in [-0.2, -0.15) is 30.6 Å². The van der Waals surface area contributed by atoms with E-state index in [0.717, 1.165) is 8.61 Å². The van der Waals surface area contributed by atoms with Gasteiger partial charge in [-0.15, -0.1) is 0 Å². The standard InChI is InChI=1S/C17H23F5N2O5S2/c1-5-23(6-2)30(26,27)13-10-9-12(15(25)16(18,19)17(20,21)22)11-14(13)31(28,29)24(7-3)8-4/h9-11H,5-8H2,1-4H3. The SMILES string of the molecule is CCN(CC)S(=O)(=O)c1ccc(C(=O)C(F)(F)C(F)(F)F)cc1S(=O)(=O)N(CC)CC. The van der Waals surface area contributed by atoms with Gasteiger partial charge in [0.1, 0.15) is 9.79 Å². The van der Waals surface area contributed by atoms with Crippen LogP contribution in [0.2, 0.25) is 0 Å². The minimum absolute atomic E-state index is 0.0591. The Balaban J connectivity index is 3.92. The Morgan fingerprint density at radius 1 is 0.774 bits per heavy atom. The molecule has 0 aliphatic rings. The van der Waals surface area contributed by atoms with E-state index in [9.17, 15) is 43.6 Å². The van der Waals surface area contributed by atoms with Gasteiger partial charge in [0.2, 0.25) is 25.8 Å². The van der Waals surface area contributed by atoms with Crippen molar-refractivity contribution in [3.05, 3.63) is 23.8 Å². The Bertz CT molecular complexity index is 1020. The number of alkyl halides is 5. The van der Waals surface area contributed by atoms with Crippen molar-refractivity contribution < 1.29 is 43.6 Å². The van der Waals surface area contributed by atoms with Gasteiger partial charge in [0.25, 0.3) is 0 Å². The van der Waals surface area contributed by atoms with Gasteiger partial charge in [-0.05, 0) is 18.2 Å². The number of sulfonamides is 2. The average molecular weight is 495 g/mol. The van der Waals surface area contributed by atoms with E-state index in [4.69, 9.17) is 0 Å².